The molecule has 0 bridgehead atoms. The maximum Gasteiger partial charge on any atom is 0.339 e. The van der Waals surface area contributed by atoms with E-state index in [1.807, 2.05) is 13.0 Å². The molecule has 1 rings (SSSR count). The number of carbonyl (C=O) groups is 1. The number of pyridine rings is 1. The van der Waals surface area contributed by atoms with Gasteiger partial charge in [-0.15, -0.1) is 0 Å². The van der Waals surface area contributed by atoms with Gasteiger partial charge < -0.3 is 10.1 Å². The van der Waals surface area contributed by atoms with E-state index >= 15 is 0 Å². The Kier molecular flexibility index (Phi) is 5.62. The van der Waals surface area contributed by atoms with Crippen molar-refractivity contribution in [2.45, 2.75) is 46.1 Å². The molecule has 0 saturated heterocycles. The fraction of sp³-hybridized carbons (Fsp3) is 0.571. The third-order valence-electron chi connectivity index (χ3n) is 2.88. The lowest BCUT2D eigenvalue weighted by Crippen LogP contribution is -2.16. The molecule has 1 N–H and O–H groups in total. The van der Waals surface area contributed by atoms with E-state index in [-0.39, 0.29) is 5.97 Å². The van der Waals surface area contributed by atoms with Crippen LogP contribution in [0.25, 0.3) is 0 Å². The van der Waals surface area contributed by atoms with Crippen molar-refractivity contribution in [1.82, 2.24) is 4.98 Å². The molecule has 1 aromatic rings. The van der Waals surface area contributed by atoms with Crippen LogP contribution in [0.15, 0.2) is 12.1 Å². The Labute approximate surface area is 109 Å². The third-order valence-corrected chi connectivity index (χ3v) is 2.88. The fourth-order valence-corrected chi connectivity index (χ4v) is 1.80. The minimum absolute atomic E-state index is 0.342. The summed E-state index contributed by atoms with van der Waals surface area (Å²) >= 11 is 0. The Balaban J connectivity index is 2.69. The van der Waals surface area contributed by atoms with E-state index in [2.05, 4.69) is 24.1 Å². The van der Waals surface area contributed by atoms with Crippen molar-refractivity contribution < 1.29 is 9.53 Å². The standard InChI is InChI=1S/C14H22N2O2/c1-5-6-7-10(2)15-13-9-8-12(11(3)16-13)14(17)18-4/h8-10H,5-7H2,1-4H3,(H,15,16). The van der Waals surface area contributed by atoms with E-state index in [1.54, 1.807) is 6.07 Å². The van der Waals surface area contributed by atoms with Crippen LogP contribution < -0.4 is 5.32 Å². The molecular weight excluding hydrogens is 228 g/mol. The van der Waals surface area contributed by atoms with E-state index < -0.39 is 0 Å². The molecule has 0 aliphatic heterocycles. The van der Waals surface area contributed by atoms with Gasteiger partial charge in [-0.3, -0.25) is 0 Å². The first-order valence-corrected chi connectivity index (χ1v) is 6.41. The maximum atomic E-state index is 11.4. The molecule has 1 heterocycles. The van der Waals surface area contributed by atoms with Gasteiger partial charge in [0.05, 0.1) is 18.4 Å². The maximum absolute atomic E-state index is 11.4. The molecule has 0 fully saturated rings. The van der Waals surface area contributed by atoms with Crippen molar-refractivity contribution in [2.75, 3.05) is 12.4 Å². The second-order valence-corrected chi connectivity index (χ2v) is 4.51. The average Bonchev–Trinajstić information content (AvgIpc) is 2.35. The second kappa shape index (κ2) is 6.99. The van der Waals surface area contributed by atoms with Gasteiger partial charge in [0.25, 0.3) is 0 Å². The van der Waals surface area contributed by atoms with E-state index in [4.69, 9.17) is 4.74 Å². The SMILES string of the molecule is CCCCC(C)Nc1ccc(C(=O)OC)c(C)n1. The van der Waals surface area contributed by atoms with Gasteiger partial charge in [0.2, 0.25) is 0 Å². The monoisotopic (exact) mass is 250 g/mol. The van der Waals surface area contributed by atoms with Crippen LogP contribution in [0, 0.1) is 6.92 Å². The lowest BCUT2D eigenvalue weighted by Gasteiger charge is -2.15. The summed E-state index contributed by atoms with van der Waals surface area (Å²) in [6.07, 6.45) is 3.52. The van der Waals surface area contributed by atoms with Crippen molar-refractivity contribution in [1.29, 1.82) is 0 Å². The molecule has 0 aliphatic rings. The summed E-state index contributed by atoms with van der Waals surface area (Å²) < 4.78 is 4.69. The number of anilines is 1. The van der Waals surface area contributed by atoms with Gasteiger partial charge in [0.1, 0.15) is 5.82 Å². The predicted molar refractivity (Wildman–Crippen MR) is 72.9 cm³/mol. The van der Waals surface area contributed by atoms with Crippen molar-refractivity contribution in [2.24, 2.45) is 0 Å². The van der Waals surface area contributed by atoms with E-state index in [0.29, 0.717) is 17.3 Å². The van der Waals surface area contributed by atoms with Gasteiger partial charge in [-0.25, -0.2) is 9.78 Å². The van der Waals surface area contributed by atoms with Crippen LogP contribution >= 0.6 is 0 Å². The smallest absolute Gasteiger partial charge is 0.339 e. The number of aromatic nitrogens is 1. The third kappa shape index (κ3) is 4.02. The number of rotatable bonds is 6. The molecule has 18 heavy (non-hydrogen) atoms. The van der Waals surface area contributed by atoms with Gasteiger partial charge in [0.15, 0.2) is 0 Å². The second-order valence-electron chi connectivity index (χ2n) is 4.51. The van der Waals surface area contributed by atoms with Gasteiger partial charge in [-0.1, -0.05) is 19.8 Å². The summed E-state index contributed by atoms with van der Waals surface area (Å²) in [7, 11) is 1.38. The molecule has 4 nitrogen and oxygen atoms in total. The predicted octanol–water partition coefficient (Wildman–Crippen LogP) is 3.17. The highest BCUT2D eigenvalue weighted by Gasteiger charge is 2.11. The average molecular weight is 250 g/mol. The molecule has 100 valence electrons. The van der Waals surface area contributed by atoms with Crippen LogP contribution in [0.5, 0.6) is 0 Å². The topological polar surface area (TPSA) is 51.2 Å². The number of aryl methyl sites for hydroxylation is 1. The summed E-state index contributed by atoms with van der Waals surface area (Å²) in [4.78, 5) is 15.8. The van der Waals surface area contributed by atoms with Crippen LogP contribution in [0.1, 0.15) is 49.2 Å². The first-order valence-electron chi connectivity index (χ1n) is 6.41. The first kappa shape index (κ1) is 14.5. The first-order chi connectivity index (χ1) is 8.58. The number of ether oxygens (including phenoxy) is 1. The van der Waals surface area contributed by atoms with Crippen LogP contribution in [0.3, 0.4) is 0 Å². The van der Waals surface area contributed by atoms with Crippen LogP contribution in [-0.4, -0.2) is 24.1 Å². The van der Waals surface area contributed by atoms with Gasteiger partial charge in [-0.05, 0) is 32.4 Å². The Bertz CT molecular complexity index is 405. The summed E-state index contributed by atoms with van der Waals surface area (Å²) in [6.45, 7) is 6.13. The van der Waals surface area contributed by atoms with Gasteiger partial charge in [0, 0.05) is 6.04 Å². The van der Waals surface area contributed by atoms with Crippen molar-refractivity contribution in [3.63, 3.8) is 0 Å². The van der Waals surface area contributed by atoms with Gasteiger partial charge in [-0.2, -0.15) is 0 Å². The van der Waals surface area contributed by atoms with E-state index in [0.717, 1.165) is 12.2 Å². The number of hydrogen-bond donors (Lipinski definition) is 1. The van der Waals surface area contributed by atoms with E-state index in [1.165, 1.54) is 20.0 Å². The number of esters is 1. The van der Waals surface area contributed by atoms with Crippen molar-refractivity contribution in [3.8, 4) is 0 Å². The van der Waals surface area contributed by atoms with Crippen LogP contribution in [-0.2, 0) is 4.74 Å². The Morgan fingerprint density at radius 1 is 1.50 bits per heavy atom. The number of nitrogens with one attached hydrogen (secondary N) is 1. The summed E-state index contributed by atoms with van der Waals surface area (Å²) in [5.41, 5.74) is 1.21. The minimum atomic E-state index is -0.342. The van der Waals surface area contributed by atoms with Crippen molar-refractivity contribution in [3.05, 3.63) is 23.4 Å². The number of carbonyl (C=O) groups excluding carboxylic acids is 1. The van der Waals surface area contributed by atoms with Gasteiger partial charge >= 0.3 is 5.97 Å². The molecule has 0 radical (unpaired) electrons. The Morgan fingerprint density at radius 2 is 2.22 bits per heavy atom. The highest BCUT2D eigenvalue weighted by atomic mass is 16.5. The molecule has 0 spiro atoms. The zero-order valence-corrected chi connectivity index (χ0v) is 11.6. The molecule has 0 aliphatic carbocycles. The zero-order chi connectivity index (χ0) is 13.5. The molecule has 0 aromatic carbocycles. The zero-order valence-electron chi connectivity index (χ0n) is 11.6. The number of methoxy groups -OCH3 is 1. The number of nitrogens with zero attached hydrogens (tertiary/aromatic N) is 1. The Hall–Kier alpha value is -1.58. The molecular formula is C14H22N2O2. The lowest BCUT2D eigenvalue weighted by atomic mass is 10.1. The molecule has 1 atom stereocenters. The van der Waals surface area contributed by atoms with E-state index in [9.17, 15) is 4.79 Å². The quantitative estimate of drug-likeness (QED) is 0.788. The normalized spacial score (nSPS) is 12.0. The fourth-order valence-electron chi connectivity index (χ4n) is 1.80. The molecule has 1 aromatic heterocycles. The molecule has 4 heteroatoms. The summed E-state index contributed by atoms with van der Waals surface area (Å²) in [5, 5.41) is 3.34. The Morgan fingerprint density at radius 3 is 2.78 bits per heavy atom. The lowest BCUT2D eigenvalue weighted by molar-refractivity contribution is 0.0599. The number of unbranched alkanes of at least 4 members (excludes halogenated alkanes) is 1. The highest BCUT2D eigenvalue weighted by Crippen LogP contribution is 2.13. The largest absolute Gasteiger partial charge is 0.465 e. The van der Waals surface area contributed by atoms with Crippen LogP contribution in [0.4, 0.5) is 5.82 Å². The summed E-state index contributed by atoms with van der Waals surface area (Å²) in [6, 6.07) is 3.96. The molecule has 1 unspecified atom stereocenters. The molecule has 0 saturated carbocycles. The molecule has 0 amide bonds. The highest BCUT2D eigenvalue weighted by molar-refractivity contribution is 5.90. The minimum Gasteiger partial charge on any atom is -0.465 e. The number of hydrogen-bond acceptors (Lipinski definition) is 4. The summed E-state index contributed by atoms with van der Waals surface area (Å²) in [5.74, 6) is 0.467. The van der Waals surface area contributed by atoms with Crippen molar-refractivity contribution >= 4 is 11.8 Å². The van der Waals surface area contributed by atoms with Crippen LogP contribution in [0.2, 0.25) is 0 Å².